The van der Waals surface area contributed by atoms with Crippen molar-refractivity contribution in [2.24, 2.45) is 0 Å². The van der Waals surface area contributed by atoms with E-state index in [2.05, 4.69) is 31.3 Å². The van der Waals surface area contributed by atoms with Crippen LogP contribution in [0.5, 0.6) is 0 Å². The van der Waals surface area contributed by atoms with Gasteiger partial charge in [0.1, 0.15) is 12.2 Å². The van der Waals surface area contributed by atoms with Crippen molar-refractivity contribution in [1.82, 2.24) is 5.32 Å². The first-order valence-corrected chi connectivity index (χ1v) is 17.1. The molecule has 4 unspecified atom stereocenters. The molecule has 0 saturated carbocycles. The first kappa shape index (κ1) is 39.0. The lowest BCUT2D eigenvalue weighted by atomic mass is 9.99. The number of carbonyl (C=O) groups excluding carboxylic acids is 1. The van der Waals surface area contributed by atoms with Crippen molar-refractivity contribution in [1.29, 1.82) is 0 Å². The lowest BCUT2D eigenvalue weighted by molar-refractivity contribution is -0.132. The van der Waals surface area contributed by atoms with Crippen molar-refractivity contribution < 1.29 is 25.2 Å². The molecule has 6 heteroatoms. The van der Waals surface area contributed by atoms with E-state index in [4.69, 9.17) is 0 Å². The Bertz CT molecular complexity index is 571. The van der Waals surface area contributed by atoms with Crippen molar-refractivity contribution in [3.63, 3.8) is 0 Å². The number of allylic oxidation sites excluding steroid dienone is 2. The monoisotopic (exact) mass is 570 g/mol. The summed E-state index contributed by atoms with van der Waals surface area (Å²) < 4.78 is 0. The maximum absolute atomic E-state index is 12.3. The highest BCUT2D eigenvalue weighted by Gasteiger charge is 2.28. The smallest absolute Gasteiger partial charge is 0.249 e. The van der Waals surface area contributed by atoms with Crippen molar-refractivity contribution in [3.8, 4) is 0 Å². The normalized spacial score (nSPS) is 14.8. The Kier molecular flexibility index (Phi) is 28.8. The zero-order chi connectivity index (χ0) is 29.7. The van der Waals surface area contributed by atoms with E-state index in [1.54, 1.807) is 0 Å². The second-order valence-corrected chi connectivity index (χ2v) is 11.9. The molecule has 0 aromatic rings. The van der Waals surface area contributed by atoms with Crippen molar-refractivity contribution in [2.45, 2.75) is 192 Å². The number of rotatable bonds is 30. The fourth-order valence-corrected chi connectivity index (χ4v) is 5.16. The van der Waals surface area contributed by atoms with E-state index in [9.17, 15) is 25.2 Å². The molecule has 5 N–H and O–H groups in total. The van der Waals surface area contributed by atoms with Gasteiger partial charge in [-0.2, -0.15) is 0 Å². The molecule has 0 saturated heterocycles. The van der Waals surface area contributed by atoms with Gasteiger partial charge in [-0.25, -0.2) is 0 Å². The van der Waals surface area contributed by atoms with E-state index >= 15 is 0 Å². The van der Waals surface area contributed by atoms with E-state index in [1.165, 1.54) is 96.3 Å². The van der Waals surface area contributed by atoms with Crippen LogP contribution in [0.25, 0.3) is 0 Å². The summed E-state index contributed by atoms with van der Waals surface area (Å²) in [6, 6.07) is -0.980. The van der Waals surface area contributed by atoms with Crippen LogP contribution in [0.2, 0.25) is 0 Å². The number of aliphatic hydroxyl groups excluding tert-OH is 4. The van der Waals surface area contributed by atoms with Crippen molar-refractivity contribution in [2.75, 3.05) is 6.61 Å². The van der Waals surface area contributed by atoms with Crippen LogP contribution in [0.4, 0.5) is 0 Å². The molecule has 6 nitrogen and oxygen atoms in total. The number of hydrogen-bond donors (Lipinski definition) is 5. The summed E-state index contributed by atoms with van der Waals surface area (Å²) in [5.74, 6) is -0.594. The largest absolute Gasteiger partial charge is 0.394 e. The molecule has 0 aromatic carbocycles. The summed E-state index contributed by atoms with van der Waals surface area (Å²) in [5, 5.41) is 43.0. The fraction of sp³-hybridized carbons (Fsp3) is 0.912. The van der Waals surface area contributed by atoms with Gasteiger partial charge in [0.2, 0.25) is 5.91 Å². The molecule has 40 heavy (non-hydrogen) atoms. The van der Waals surface area contributed by atoms with Crippen LogP contribution in [0.15, 0.2) is 12.2 Å². The Morgan fingerprint density at radius 1 is 0.600 bits per heavy atom. The number of amides is 1. The number of nitrogens with one attached hydrogen (secondary N) is 1. The van der Waals surface area contributed by atoms with Gasteiger partial charge in [-0.1, -0.05) is 142 Å². The van der Waals surface area contributed by atoms with E-state index in [1.807, 2.05) is 0 Å². The minimum Gasteiger partial charge on any atom is -0.394 e. The van der Waals surface area contributed by atoms with Gasteiger partial charge in [-0.15, -0.1) is 0 Å². The van der Waals surface area contributed by atoms with Gasteiger partial charge in [0.15, 0.2) is 0 Å². The second kappa shape index (κ2) is 29.5. The third-order valence-corrected chi connectivity index (χ3v) is 7.98. The average molecular weight is 570 g/mol. The standard InChI is InChI=1S/C34H67NO5/c1-3-5-7-9-11-12-13-14-15-16-17-18-19-20-21-22-24-26-28-32(38)34(40)35-30(29-36)33(39)31(37)27-25-23-10-8-6-4-2/h16-17,30-33,36-39H,3-15,18-29H2,1-2H3,(H,35,40)/b17-16-. The molecule has 0 aliphatic heterocycles. The number of hydrogen-bond acceptors (Lipinski definition) is 5. The molecule has 0 fully saturated rings. The highest BCUT2D eigenvalue weighted by Crippen LogP contribution is 2.14. The van der Waals surface area contributed by atoms with Crippen LogP contribution in [0.3, 0.4) is 0 Å². The van der Waals surface area contributed by atoms with Gasteiger partial charge >= 0.3 is 0 Å². The Morgan fingerprint density at radius 2 is 1.00 bits per heavy atom. The number of carbonyl (C=O) groups is 1. The molecule has 0 radical (unpaired) electrons. The average Bonchev–Trinajstić information content (AvgIpc) is 2.96. The highest BCUT2D eigenvalue weighted by molar-refractivity contribution is 5.80. The number of unbranched alkanes of at least 4 members (excludes halogenated alkanes) is 19. The SMILES string of the molecule is CCCCCCCCCC/C=C\CCCCCCCCC(O)C(=O)NC(CO)C(O)C(O)CCCCCCCC. The maximum atomic E-state index is 12.3. The molecular weight excluding hydrogens is 502 g/mol. The lowest BCUT2D eigenvalue weighted by Gasteiger charge is -2.27. The summed E-state index contributed by atoms with van der Waals surface area (Å²) in [6.45, 7) is 3.95. The maximum Gasteiger partial charge on any atom is 0.249 e. The van der Waals surface area contributed by atoms with Crippen LogP contribution in [0.1, 0.15) is 168 Å². The van der Waals surface area contributed by atoms with E-state index in [0.29, 0.717) is 12.8 Å². The van der Waals surface area contributed by atoms with Gasteiger partial charge in [-0.05, 0) is 38.5 Å². The van der Waals surface area contributed by atoms with Gasteiger partial charge in [0.25, 0.3) is 0 Å². The van der Waals surface area contributed by atoms with E-state index < -0.39 is 36.9 Å². The van der Waals surface area contributed by atoms with E-state index in [0.717, 1.165) is 44.9 Å². The van der Waals surface area contributed by atoms with Crippen LogP contribution in [-0.4, -0.2) is 57.3 Å². The summed E-state index contributed by atoms with van der Waals surface area (Å²) in [6.07, 6.45) is 28.3. The van der Waals surface area contributed by atoms with Crippen molar-refractivity contribution in [3.05, 3.63) is 12.2 Å². The molecule has 238 valence electrons. The minimum absolute atomic E-state index is 0.363. The Hall–Kier alpha value is -0.950. The first-order valence-electron chi connectivity index (χ1n) is 17.1. The predicted molar refractivity (Wildman–Crippen MR) is 168 cm³/mol. The molecule has 4 atom stereocenters. The number of aliphatic hydroxyl groups is 4. The molecular formula is C34H67NO5. The third-order valence-electron chi connectivity index (χ3n) is 7.98. The summed E-state index contributed by atoms with van der Waals surface area (Å²) in [5.41, 5.74) is 0. The summed E-state index contributed by atoms with van der Waals surface area (Å²) >= 11 is 0. The zero-order valence-electron chi connectivity index (χ0n) is 26.3. The second-order valence-electron chi connectivity index (χ2n) is 11.9. The Labute approximate surface area is 247 Å². The molecule has 1 amide bonds. The van der Waals surface area contributed by atoms with Gasteiger partial charge in [-0.3, -0.25) is 4.79 Å². The molecule has 0 aromatic heterocycles. The van der Waals surface area contributed by atoms with Crippen LogP contribution < -0.4 is 5.32 Å². The van der Waals surface area contributed by atoms with Crippen LogP contribution in [0, 0.1) is 0 Å². The fourth-order valence-electron chi connectivity index (χ4n) is 5.16. The van der Waals surface area contributed by atoms with Gasteiger partial charge < -0.3 is 25.7 Å². The van der Waals surface area contributed by atoms with E-state index in [-0.39, 0.29) is 0 Å². The van der Waals surface area contributed by atoms with Gasteiger partial charge in [0.05, 0.1) is 18.8 Å². The highest BCUT2D eigenvalue weighted by atomic mass is 16.3. The van der Waals surface area contributed by atoms with Crippen LogP contribution >= 0.6 is 0 Å². The Balaban J connectivity index is 3.76. The third kappa shape index (κ3) is 23.7. The summed E-state index contributed by atoms with van der Waals surface area (Å²) in [4.78, 5) is 12.3. The summed E-state index contributed by atoms with van der Waals surface area (Å²) in [7, 11) is 0. The Morgan fingerprint density at radius 3 is 1.45 bits per heavy atom. The van der Waals surface area contributed by atoms with Crippen LogP contribution in [-0.2, 0) is 4.79 Å². The zero-order valence-corrected chi connectivity index (χ0v) is 26.3. The molecule has 0 spiro atoms. The molecule has 0 aliphatic rings. The quantitative estimate of drug-likeness (QED) is 0.0454. The topological polar surface area (TPSA) is 110 Å². The minimum atomic E-state index is -1.25. The first-order chi connectivity index (χ1) is 19.5. The molecule has 0 aliphatic carbocycles. The van der Waals surface area contributed by atoms with Gasteiger partial charge in [0, 0.05) is 0 Å². The molecule has 0 rings (SSSR count). The van der Waals surface area contributed by atoms with Crippen molar-refractivity contribution >= 4 is 5.91 Å². The molecule has 0 bridgehead atoms. The predicted octanol–water partition coefficient (Wildman–Crippen LogP) is 7.50. The lowest BCUT2D eigenvalue weighted by Crippen LogP contribution is -2.53. The molecule has 0 heterocycles.